The zero-order valence-electron chi connectivity index (χ0n) is 15.1. The number of aromatic nitrogens is 1. The molecule has 1 amide bonds. The van der Waals surface area contributed by atoms with E-state index in [9.17, 15) is 9.18 Å². The zero-order chi connectivity index (χ0) is 18.4. The van der Waals surface area contributed by atoms with E-state index in [1.54, 1.807) is 31.2 Å². The Hall–Kier alpha value is -2.43. The molecule has 1 heterocycles. The molecule has 0 bridgehead atoms. The molecule has 5 heteroatoms. The minimum atomic E-state index is -0.291. The summed E-state index contributed by atoms with van der Waals surface area (Å²) in [4.78, 5) is 16.8. The van der Waals surface area contributed by atoms with Crippen LogP contribution in [0.1, 0.15) is 53.7 Å². The summed E-state index contributed by atoms with van der Waals surface area (Å²) in [6, 6.07) is 9.68. The van der Waals surface area contributed by atoms with Gasteiger partial charge in [-0.25, -0.2) is 9.37 Å². The molecule has 1 aromatic heterocycles. The van der Waals surface area contributed by atoms with Crippen LogP contribution in [0.5, 0.6) is 5.88 Å². The molecule has 1 fully saturated rings. The Balaban J connectivity index is 1.55. The summed E-state index contributed by atoms with van der Waals surface area (Å²) in [5.74, 6) is 0.642. The first-order valence-corrected chi connectivity index (χ1v) is 9.25. The first-order chi connectivity index (χ1) is 12.6. The molecule has 26 heavy (non-hydrogen) atoms. The molecule has 0 radical (unpaired) electrons. The number of rotatable bonds is 6. The van der Waals surface area contributed by atoms with E-state index in [4.69, 9.17) is 4.74 Å². The second-order valence-corrected chi connectivity index (χ2v) is 6.92. The quantitative estimate of drug-likeness (QED) is 0.834. The van der Waals surface area contributed by atoms with Crippen LogP contribution in [0.25, 0.3) is 0 Å². The van der Waals surface area contributed by atoms with Crippen molar-refractivity contribution in [2.75, 3.05) is 6.54 Å². The molecule has 0 atom stereocenters. The topological polar surface area (TPSA) is 51.2 Å². The third-order valence-electron chi connectivity index (χ3n) is 4.86. The summed E-state index contributed by atoms with van der Waals surface area (Å²) in [5, 5.41) is 3.03. The van der Waals surface area contributed by atoms with Crippen LogP contribution >= 0.6 is 0 Å². The van der Waals surface area contributed by atoms with Crippen molar-refractivity contribution in [3.63, 3.8) is 0 Å². The third kappa shape index (κ3) is 5.04. The number of carbonyl (C=O) groups is 1. The number of benzene rings is 1. The first-order valence-electron chi connectivity index (χ1n) is 9.25. The molecule has 0 spiro atoms. The minimum absolute atomic E-state index is 0.0859. The Morgan fingerprint density at radius 2 is 2.04 bits per heavy atom. The Kier molecular flexibility index (Phi) is 6.21. The van der Waals surface area contributed by atoms with Gasteiger partial charge in [-0.3, -0.25) is 4.79 Å². The van der Waals surface area contributed by atoms with Gasteiger partial charge in [0.05, 0.1) is 11.3 Å². The molecule has 2 aromatic rings. The maximum atomic E-state index is 13.2. The smallest absolute Gasteiger partial charge is 0.253 e. The summed E-state index contributed by atoms with van der Waals surface area (Å²) < 4.78 is 18.8. The second kappa shape index (κ2) is 8.79. The van der Waals surface area contributed by atoms with Crippen molar-refractivity contribution < 1.29 is 13.9 Å². The van der Waals surface area contributed by atoms with Crippen LogP contribution in [0.4, 0.5) is 4.39 Å². The van der Waals surface area contributed by atoms with Gasteiger partial charge in [-0.05, 0) is 49.4 Å². The van der Waals surface area contributed by atoms with E-state index in [0.717, 1.165) is 12.1 Å². The average Bonchev–Trinajstić information content (AvgIpc) is 2.65. The van der Waals surface area contributed by atoms with Crippen molar-refractivity contribution >= 4 is 5.91 Å². The van der Waals surface area contributed by atoms with Crippen LogP contribution in [-0.4, -0.2) is 17.4 Å². The SMILES string of the molecule is Cc1nc(OCc2cccc(F)c2)ccc1C(=O)NCC1CCCCC1. The predicted molar refractivity (Wildman–Crippen MR) is 98.6 cm³/mol. The highest BCUT2D eigenvalue weighted by molar-refractivity contribution is 5.95. The van der Waals surface area contributed by atoms with Gasteiger partial charge >= 0.3 is 0 Å². The van der Waals surface area contributed by atoms with E-state index >= 15 is 0 Å². The van der Waals surface area contributed by atoms with E-state index in [1.807, 2.05) is 0 Å². The molecule has 1 saturated carbocycles. The van der Waals surface area contributed by atoms with Gasteiger partial charge in [-0.15, -0.1) is 0 Å². The molecule has 0 unspecified atom stereocenters. The number of nitrogens with one attached hydrogen (secondary N) is 1. The molecular formula is C21H25FN2O2. The van der Waals surface area contributed by atoms with E-state index in [0.29, 0.717) is 23.1 Å². The Labute approximate surface area is 153 Å². The average molecular weight is 356 g/mol. The highest BCUT2D eigenvalue weighted by Gasteiger charge is 2.16. The fourth-order valence-corrected chi connectivity index (χ4v) is 3.37. The lowest BCUT2D eigenvalue weighted by Crippen LogP contribution is -2.30. The van der Waals surface area contributed by atoms with Crippen LogP contribution < -0.4 is 10.1 Å². The Bertz CT molecular complexity index is 757. The lowest BCUT2D eigenvalue weighted by atomic mass is 9.89. The summed E-state index contributed by atoms with van der Waals surface area (Å²) in [5.41, 5.74) is 1.93. The second-order valence-electron chi connectivity index (χ2n) is 6.92. The van der Waals surface area contributed by atoms with Crippen molar-refractivity contribution in [2.24, 2.45) is 5.92 Å². The molecule has 0 aliphatic heterocycles. The molecule has 138 valence electrons. The maximum Gasteiger partial charge on any atom is 0.253 e. The van der Waals surface area contributed by atoms with E-state index < -0.39 is 0 Å². The van der Waals surface area contributed by atoms with E-state index in [1.165, 1.54) is 44.2 Å². The summed E-state index contributed by atoms with van der Waals surface area (Å²) in [7, 11) is 0. The number of aryl methyl sites for hydroxylation is 1. The van der Waals surface area contributed by atoms with Gasteiger partial charge in [0.15, 0.2) is 0 Å². The van der Waals surface area contributed by atoms with Crippen LogP contribution in [0, 0.1) is 18.7 Å². The highest BCUT2D eigenvalue weighted by atomic mass is 19.1. The lowest BCUT2D eigenvalue weighted by Gasteiger charge is -2.21. The number of hydrogen-bond donors (Lipinski definition) is 1. The first kappa shape index (κ1) is 18.4. The molecule has 3 rings (SSSR count). The number of carbonyl (C=O) groups excluding carboxylic acids is 1. The maximum absolute atomic E-state index is 13.2. The summed E-state index contributed by atoms with van der Waals surface area (Å²) in [6.07, 6.45) is 6.23. The van der Waals surface area contributed by atoms with Gasteiger partial charge in [0.1, 0.15) is 12.4 Å². The fraction of sp³-hybridized carbons (Fsp3) is 0.429. The fourth-order valence-electron chi connectivity index (χ4n) is 3.37. The van der Waals surface area contributed by atoms with Gasteiger partial charge in [-0.2, -0.15) is 0 Å². The number of hydrogen-bond acceptors (Lipinski definition) is 3. The van der Waals surface area contributed by atoms with Crippen LogP contribution in [0.2, 0.25) is 0 Å². The predicted octanol–water partition coefficient (Wildman–Crippen LogP) is 4.42. The van der Waals surface area contributed by atoms with Crippen molar-refractivity contribution in [1.82, 2.24) is 10.3 Å². The van der Waals surface area contributed by atoms with Crippen molar-refractivity contribution in [1.29, 1.82) is 0 Å². The molecule has 1 N–H and O–H groups in total. The van der Waals surface area contributed by atoms with Gasteiger partial charge in [0.25, 0.3) is 5.91 Å². The van der Waals surface area contributed by atoms with Gasteiger partial charge in [-0.1, -0.05) is 31.4 Å². The number of nitrogens with zero attached hydrogens (tertiary/aromatic N) is 1. The number of ether oxygens (including phenoxy) is 1. The van der Waals surface area contributed by atoms with Crippen LogP contribution in [0.15, 0.2) is 36.4 Å². The van der Waals surface area contributed by atoms with Crippen LogP contribution in [0.3, 0.4) is 0 Å². The summed E-state index contributed by atoms with van der Waals surface area (Å²) >= 11 is 0. The number of pyridine rings is 1. The van der Waals surface area contributed by atoms with Crippen molar-refractivity contribution in [2.45, 2.75) is 45.6 Å². The molecule has 4 nitrogen and oxygen atoms in total. The van der Waals surface area contributed by atoms with Gasteiger partial charge in [0, 0.05) is 12.6 Å². The van der Waals surface area contributed by atoms with Crippen LogP contribution in [-0.2, 0) is 6.61 Å². The van der Waals surface area contributed by atoms with E-state index in [-0.39, 0.29) is 18.3 Å². The Morgan fingerprint density at radius 1 is 1.23 bits per heavy atom. The largest absolute Gasteiger partial charge is 0.473 e. The van der Waals surface area contributed by atoms with Crippen molar-refractivity contribution in [3.8, 4) is 5.88 Å². The van der Waals surface area contributed by atoms with Crippen molar-refractivity contribution in [3.05, 3.63) is 59.0 Å². The molecular weight excluding hydrogens is 331 g/mol. The normalized spacial score (nSPS) is 14.8. The molecule has 1 aromatic carbocycles. The van der Waals surface area contributed by atoms with Gasteiger partial charge in [0.2, 0.25) is 5.88 Å². The molecule has 1 aliphatic rings. The standard InChI is InChI=1S/C21H25FN2O2/c1-15-19(21(25)23-13-16-6-3-2-4-7-16)10-11-20(24-15)26-14-17-8-5-9-18(22)12-17/h5,8-12,16H,2-4,6-7,13-14H2,1H3,(H,23,25). The summed E-state index contributed by atoms with van der Waals surface area (Å²) in [6.45, 7) is 2.76. The Morgan fingerprint density at radius 3 is 2.77 bits per heavy atom. The van der Waals surface area contributed by atoms with E-state index in [2.05, 4.69) is 10.3 Å². The molecule has 1 aliphatic carbocycles. The zero-order valence-corrected chi connectivity index (χ0v) is 15.1. The monoisotopic (exact) mass is 356 g/mol. The lowest BCUT2D eigenvalue weighted by molar-refractivity contribution is 0.0942. The van der Waals surface area contributed by atoms with Gasteiger partial charge < -0.3 is 10.1 Å². The third-order valence-corrected chi connectivity index (χ3v) is 4.86. The number of amides is 1. The highest BCUT2D eigenvalue weighted by Crippen LogP contribution is 2.23. The number of halogens is 1. The minimum Gasteiger partial charge on any atom is -0.473 e. The molecule has 0 saturated heterocycles.